The molecule has 0 aliphatic heterocycles. The molecule has 0 spiro atoms. The van der Waals surface area contributed by atoms with Crippen LogP contribution in [0.15, 0.2) is 18.2 Å². The number of benzene rings is 1. The van der Waals surface area contributed by atoms with Gasteiger partial charge in [-0.3, -0.25) is 4.79 Å². The van der Waals surface area contributed by atoms with Crippen LogP contribution in [0.2, 0.25) is 10.0 Å². The van der Waals surface area contributed by atoms with Gasteiger partial charge in [-0.15, -0.1) is 11.3 Å². The summed E-state index contributed by atoms with van der Waals surface area (Å²) in [4.78, 5) is 15.4. The quantitative estimate of drug-likeness (QED) is 0.732. The van der Waals surface area contributed by atoms with Crippen molar-refractivity contribution in [1.29, 1.82) is 0 Å². The molecule has 1 amide bonds. The van der Waals surface area contributed by atoms with Crippen LogP contribution < -0.4 is 5.32 Å². The highest BCUT2D eigenvalue weighted by molar-refractivity contribution is 7.13. The summed E-state index contributed by atoms with van der Waals surface area (Å²) in [6.07, 6.45) is -3.19. The average molecular weight is 409 g/mol. The molecule has 1 aromatic carbocycles. The van der Waals surface area contributed by atoms with Gasteiger partial charge in [-0.1, -0.05) is 29.3 Å². The molecule has 2 aromatic rings. The van der Waals surface area contributed by atoms with Crippen LogP contribution in [0.25, 0.3) is 0 Å². The number of halogens is 5. The van der Waals surface area contributed by atoms with Gasteiger partial charge in [0.25, 0.3) is 5.91 Å². The summed E-state index contributed by atoms with van der Waals surface area (Å²) in [5.41, 5.74) is -0.299. The van der Waals surface area contributed by atoms with E-state index in [9.17, 15) is 18.0 Å². The average Bonchev–Trinajstić information content (AvgIpc) is 2.88. The van der Waals surface area contributed by atoms with Crippen LogP contribution >= 0.6 is 34.5 Å². The predicted molar refractivity (Wildman–Crippen MR) is 91.5 cm³/mol. The Balaban J connectivity index is 1.78. The van der Waals surface area contributed by atoms with Crippen LogP contribution in [0.5, 0.6) is 0 Å². The third-order valence-electron chi connectivity index (χ3n) is 4.16. The number of alkyl halides is 3. The summed E-state index contributed by atoms with van der Waals surface area (Å²) in [7, 11) is 0. The van der Waals surface area contributed by atoms with Gasteiger partial charge in [-0.2, -0.15) is 13.2 Å². The van der Waals surface area contributed by atoms with Gasteiger partial charge in [0.05, 0.1) is 5.01 Å². The Labute approximate surface area is 156 Å². The van der Waals surface area contributed by atoms with E-state index < -0.39 is 22.7 Å². The Morgan fingerprint density at radius 2 is 2.04 bits per heavy atom. The molecule has 9 heteroatoms. The zero-order chi connectivity index (χ0) is 18.4. The Bertz CT molecular complexity index is 822. The van der Waals surface area contributed by atoms with Gasteiger partial charge in [0, 0.05) is 22.0 Å². The van der Waals surface area contributed by atoms with Crippen molar-refractivity contribution >= 4 is 40.4 Å². The molecule has 1 aliphatic carbocycles. The largest absolute Gasteiger partial charge is 0.435 e. The van der Waals surface area contributed by atoms with Crippen molar-refractivity contribution < 1.29 is 18.0 Å². The molecule has 1 saturated carbocycles. The highest BCUT2D eigenvalue weighted by atomic mass is 35.5. The lowest BCUT2D eigenvalue weighted by Gasteiger charge is -2.38. The number of aromatic nitrogens is 1. The van der Waals surface area contributed by atoms with Gasteiger partial charge in [0.2, 0.25) is 0 Å². The Hall–Kier alpha value is -1.31. The molecular weight excluding hydrogens is 396 g/mol. The second-order valence-corrected chi connectivity index (χ2v) is 7.88. The smallest absolute Gasteiger partial charge is 0.348 e. The van der Waals surface area contributed by atoms with Crippen LogP contribution in [0, 0.1) is 6.92 Å². The predicted octanol–water partition coefficient (Wildman–Crippen LogP) is 5.45. The molecule has 1 N–H and O–H groups in total. The van der Waals surface area contributed by atoms with Gasteiger partial charge < -0.3 is 5.32 Å². The minimum atomic E-state index is -4.66. The monoisotopic (exact) mass is 408 g/mol. The third kappa shape index (κ3) is 3.78. The number of aryl methyl sites for hydroxylation is 1. The van der Waals surface area contributed by atoms with Crippen LogP contribution in [0.4, 0.5) is 13.2 Å². The fraction of sp³-hybridized carbons (Fsp3) is 0.375. The first-order chi connectivity index (χ1) is 11.7. The summed E-state index contributed by atoms with van der Waals surface area (Å²) >= 11 is 12.8. The SMILES string of the molecule is Cc1nc(C(F)(F)F)c(C(=O)N[C@H]2CC[C@H]2c2ccc(Cl)cc2Cl)s1. The van der Waals surface area contributed by atoms with Gasteiger partial charge >= 0.3 is 6.18 Å². The maximum Gasteiger partial charge on any atom is 0.435 e. The van der Waals surface area contributed by atoms with Crippen molar-refractivity contribution in [3.8, 4) is 0 Å². The Kier molecular flexibility index (Phi) is 5.01. The van der Waals surface area contributed by atoms with E-state index in [-0.39, 0.29) is 17.0 Å². The van der Waals surface area contributed by atoms with E-state index in [4.69, 9.17) is 23.2 Å². The molecule has 2 atom stereocenters. The van der Waals surface area contributed by atoms with E-state index in [2.05, 4.69) is 10.3 Å². The molecule has 0 radical (unpaired) electrons. The third-order valence-corrected chi connectivity index (χ3v) is 5.69. The molecule has 0 unspecified atom stereocenters. The Morgan fingerprint density at radius 1 is 1.32 bits per heavy atom. The lowest BCUT2D eigenvalue weighted by molar-refractivity contribution is -0.141. The maximum atomic E-state index is 13.0. The molecule has 134 valence electrons. The van der Waals surface area contributed by atoms with E-state index in [1.807, 2.05) is 0 Å². The molecular formula is C16H13Cl2F3N2OS. The molecule has 1 aromatic heterocycles. The summed E-state index contributed by atoms with van der Waals surface area (Å²) in [6, 6.07) is 4.83. The molecule has 1 heterocycles. The van der Waals surface area contributed by atoms with Gasteiger partial charge in [0.1, 0.15) is 4.88 Å². The number of rotatable bonds is 3. The van der Waals surface area contributed by atoms with Crippen LogP contribution in [-0.2, 0) is 6.18 Å². The normalized spacial score (nSPS) is 20.2. The van der Waals surface area contributed by atoms with Crippen LogP contribution in [-0.4, -0.2) is 16.9 Å². The fourth-order valence-electron chi connectivity index (χ4n) is 2.85. The molecule has 25 heavy (non-hydrogen) atoms. The first kappa shape index (κ1) is 18.5. The number of amides is 1. The summed E-state index contributed by atoms with van der Waals surface area (Å²) in [5.74, 6) is -0.796. The minimum absolute atomic E-state index is 0.0444. The number of carbonyl (C=O) groups excluding carboxylic acids is 1. The van der Waals surface area contributed by atoms with Crippen molar-refractivity contribution in [2.24, 2.45) is 0 Å². The number of thiazole rings is 1. The van der Waals surface area contributed by atoms with Crippen molar-refractivity contribution in [3.05, 3.63) is 49.4 Å². The first-order valence-electron chi connectivity index (χ1n) is 7.47. The van der Waals surface area contributed by atoms with E-state index in [0.29, 0.717) is 16.5 Å². The van der Waals surface area contributed by atoms with Crippen LogP contribution in [0.3, 0.4) is 0 Å². The minimum Gasteiger partial charge on any atom is -0.348 e. The molecule has 0 bridgehead atoms. The summed E-state index contributed by atoms with van der Waals surface area (Å²) in [6.45, 7) is 1.44. The number of nitrogens with one attached hydrogen (secondary N) is 1. The van der Waals surface area contributed by atoms with E-state index >= 15 is 0 Å². The van der Waals surface area contributed by atoms with Crippen molar-refractivity contribution in [2.75, 3.05) is 0 Å². The lowest BCUT2D eigenvalue weighted by Crippen LogP contribution is -2.45. The summed E-state index contributed by atoms with van der Waals surface area (Å²) < 4.78 is 39.1. The van der Waals surface area contributed by atoms with Crippen molar-refractivity contribution in [2.45, 2.75) is 37.9 Å². The van der Waals surface area contributed by atoms with Crippen molar-refractivity contribution in [1.82, 2.24) is 10.3 Å². The molecule has 3 nitrogen and oxygen atoms in total. The van der Waals surface area contributed by atoms with Gasteiger partial charge in [0.15, 0.2) is 5.69 Å². The van der Waals surface area contributed by atoms with Gasteiger partial charge in [-0.05, 0) is 37.5 Å². The number of carbonyl (C=O) groups is 1. The number of hydrogen-bond donors (Lipinski definition) is 1. The lowest BCUT2D eigenvalue weighted by atomic mass is 9.75. The van der Waals surface area contributed by atoms with Crippen LogP contribution in [0.1, 0.15) is 44.7 Å². The second kappa shape index (κ2) is 6.78. The van der Waals surface area contributed by atoms with E-state index in [0.717, 1.165) is 23.3 Å². The zero-order valence-electron chi connectivity index (χ0n) is 13.0. The summed E-state index contributed by atoms with van der Waals surface area (Å²) in [5, 5.41) is 3.88. The van der Waals surface area contributed by atoms with E-state index in [1.54, 1.807) is 18.2 Å². The van der Waals surface area contributed by atoms with Crippen molar-refractivity contribution in [3.63, 3.8) is 0 Å². The molecule has 3 rings (SSSR count). The molecule has 1 fully saturated rings. The zero-order valence-corrected chi connectivity index (χ0v) is 15.3. The Morgan fingerprint density at radius 3 is 2.60 bits per heavy atom. The maximum absolute atomic E-state index is 13.0. The fourth-order valence-corrected chi connectivity index (χ4v) is 4.24. The topological polar surface area (TPSA) is 42.0 Å². The highest BCUT2D eigenvalue weighted by Gasteiger charge is 2.41. The van der Waals surface area contributed by atoms with E-state index in [1.165, 1.54) is 6.92 Å². The standard InChI is InChI=1S/C16H13Cl2F3N2OS/c1-7-22-14(16(19,20)21)13(25-7)15(24)23-12-5-4-10(12)9-3-2-8(17)6-11(9)18/h2-3,6,10,12H,4-5H2,1H3,(H,23,24)/t10-,12-/m0/s1. The molecule has 0 saturated heterocycles. The number of hydrogen-bond acceptors (Lipinski definition) is 3. The highest BCUT2D eigenvalue weighted by Crippen LogP contribution is 2.41. The number of nitrogens with zero attached hydrogens (tertiary/aromatic N) is 1. The first-order valence-corrected chi connectivity index (χ1v) is 9.04. The second-order valence-electron chi connectivity index (χ2n) is 5.84. The molecule has 1 aliphatic rings. The van der Waals surface area contributed by atoms with Gasteiger partial charge in [-0.25, -0.2) is 4.98 Å².